The van der Waals surface area contributed by atoms with Crippen LogP contribution in [0.2, 0.25) is 0 Å². The first-order chi connectivity index (χ1) is 21.7. The predicted molar refractivity (Wildman–Crippen MR) is 167 cm³/mol. The summed E-state index contributed by atoms with van der Waals surface area (Å²) in [5.74, 6) is -4.37. The molecular formula is C35H39ClO10. The normalized spacial score (nSPS) is 34.3. The van der Waals surface area contributed by atoms with Crippen molar-refractivity contribution in [2.45, 2.75) is 88.7 Å². The molecule has 0 amide bonds. The van der Waals surface area contributed by atoms with E-state index in [-0.39, 0.29) is 18.4 Å². The molecule has 246 valence electrons. The lowest BCUT2D eigenvalue weighted by Crippen LogP contribution is -2.81. The van der Waals surface area contributed by atoms with Crippen LogP contribution in [0.3, 0.4) is 0 Å². The summed E-state index contributed by atoms with van der Waals surface area (Å²) in [5, 5.41) is 12.3. The molecule has 3 aliphatic rings. The van der Waals surface area contributed by atoms with Crippen LogP contribution in [0.5, 0.6) is 0 Å². The van der Waals surface area contributed by atoms with E-state index in [1.165, 1.54) is 13.0 Å². The van der Waals surface area contributed by atoms with Gasteiger partial charge in [-0.2, -0.15) is 0 Å². The Bertz CT molecular complexity index is 1510. The molecule has 8 atom stereocenters. The Balaban J connectivity index is 1.71. The minimum Gasteiger partial charge on any atom is -0.462 e. The van der Waals surface area contributed by atoms with Crippen LogP contribution in [0.1, 0.15) is 63.4 Å². The molecule has 0 unspecified atom stereocenters. The molecule has 1 saturated heterocycles. The standard InChI is InChI=1S/C35H39ClO10/c1-21(37)42-24-18-19-33(4,41)35-29(44-26(39)20-36)27(32(2,3)46-35)28(43-25(38)17-16-22-12-8-6-9-13-22)30(34(24,35)5)45-31(40)23-14-10-7-11-15-23/h6-17,24,27-30,41H,18-20H2,1-5H3/b17-16+/t24-,27+,28-,29+,30-,33-,34-,35-/m0/s1. The largest absolute Gasteiger partial charge is 0.462 e. The Morgan fingerprint density at radius 1 is 0.913 bits per heavy atom. The van der Waals surface area contributed by atoms with Crippen molar-refractivity contribution in [1.82, 2.24) is 0 Å². The number of esters is 4. The third-order valence-electron chi connectivity index (χ3n) is 9.74. The minimum absolute atomic E-state index is 0.0852. The van der Waals surface area contributed by atoms with Crippen molar-refractivity contribution in [1.29, 1.82) is 0 Å². The lowest BCUT2D eigenvalue weighted by Gasteiger charge is -2.65. The van der Waals surface area contributed by atoms with Crippen LogP contribution < -0.4 is 0 Å². The van der Waals surface area contributed by atoms with Gasteiger partial charge in [-0.1, -0.05) is 48.5 Å². The number of halogens is 1. The Hall–Kier alpha value is -3.73. The fourth-order valence-electron chi connectivity index (χ4n) is 7.90. The average molecular weight is 655 g/mol. The molecule has 1 heterocycles. The van der Waals surface area contributed by atoms with E-state index in [1.807, 2.05) is 30.3 Å². The van der Waals surface area contributed by atoms with Crippen molar-refractivity contribution in [2.24, 2.45) is 11.3 Å². The maximum Gasteiger partial charge on any atom is 0.338 e. The summed E-state index contributed by atoms with van der Waals surface area (Å²) < 4.78 is 31.2. The summed E-state index contributed by atoms with van der Waals surface area (Å²) in [7, 11) is 0. The molecule has 1 N–H and O–H groups in total. The molecule has 0 aromatic heterocycles. The molecule has 0 radical (unpaired) electrons. The van der Waals surface area contributed by atoms with Gasteiger partial charge in [-0.25, -0.2) is 9.59 Å². The van der Waals surface area contributed by atoms with Crippen molar-refractivity contribution < 1.29 is 48.0 Å². The van der Waals surface area contributed by atoms with E-state index in [2.05, 4.69) is 0 Å². The second-order valence-corrected chi connectivity index (χ2v) is 13.3. The molecule has 46 heavy (non-hydrogen) atoms. The van der Waals surface area contributed by atoms with E-state index < -0.39 is 82.3 Å². The number of hydrogen-bond donors (Lipinski definition) is 1. The zero-order valence-electron chi connectivity index (χ0n) is 26.4. The van der Waals surface area contributed by atoms with Crippen LogP contribution in [-0.2, 0) is 38.1 Å². The Morgan fingerprint density at radius 3 is 2.15 bits per heavy atom. The number of fused-ring (bicyclic) bond motifs is 1. The number of alkyl halides is 1. The summed E-state index contributed by atoms with van der Waals surface area (Å²) in [4.78, 5) is 52.8. The SMILES string of the molecule is CC(=O)O[C@H]1CC[C@](C)(O)[C@]23OC(C)(C)[C@H]([C@H](OC(=O)/C=C/c4ccccc4)[C@H](OC(=O)c4ccccc4)[C@]12C)[C@H]3OC(=O)CCl. The zero-order chi connectivity index (χ0) is 33.5. The molecule has 11 heteroatoms. The average Bonchev–Trinajstić information content (AvgIpc) is 3.23. The van der Waals surface area contributed by atoms with Crippen molar-refractivity contribution >= 4 is 41.6 Å². The van der Waals surface area contributed by atoms with Crippen LogP contribution >= 0.6 is 11.6 Å². The van der Waals surface area contributed by atoms with E-state index in [0.29, 0.717) is 0 Å². The Morgan fingerprint density at radius 2 is 1.54 bits per heavy atom. The fourth-order valence-corrected chi connectivity index (χ4v) is 7.96. The third kappa shape index (κ3) is 5.60. The maximum atomic E-state index is 13.8. The second kappa shape index (κ2) is 12.5. The molecule has 2 aromatic carbocycles. The van der Waals surface area contributed by atoms with Crippen molar-refractivity contribution in [3.8, 4) is 0 Å². The summed E-state index contributed by atoms with van der Waals surface area (Å²) >= 11 is 5.91. The van der Waals surface area contributed by atoms with Crippen LogP contribution in [-0.4, -0.2) is 76.1 Å². The van der Waals surface area contributed by atoms with E-state index in [4.69, 9.17) is 35.3 Å². The second-order valence-electron chi connectivity index (χ2n) is 13.0. The highest BCUT2D eigenvalue weighted by molar-refractivity contribution is 6.26. The number of carbonyl (C=O) groups excluding carboxylic acids is 4. The first-order valence-electron chi connectivity index (χ1n) is 15.2. The van der Waals surface area contributed by atoms with E-state index >= 15 is 0 Å². The molecule has 10 nitrogen and oxygen atoms in total. The molecule has 3 fully saturated rings. The minimum atomic E-state index is -1.81. The van der Waals surface area contributed by atoms with E-state index in [1.54, 1.807) is 64.1 Å². The fraction of sp³-hybridized carbons (Fsp3) is 0.486. The molecule has 2 aromatic rings. The van der Waals surface area contributed by atoms with Gasteiger partial charge in [0.1, 0.15) is 29.8 Å². The first kappa shape index (κ1) is 33.6. The van der Waals surface area contributed by atoms with Gasteiger partial charge in [0.05, 0.1) is 28.1 Å². The third-order valence-corrected chi connectivity index (χ3v) is 9.96. The number of carbonyl (C=O) groups is 4. The van der Waals surface area contributed by atoms with Gasteiger partial charge in [0.15, 0.2) is 6.10 Å². The van der Waals surface area contributed by atoms with Crippen molar-refractivity contribution in [3.63, 3.8) is 0 Å². The summed E-state index contributed by atoms with van der Waals surface area (Å²) in [6, 6.07) is 17.4. The number of rotatable bonds is 8. The zero-order valence-corrected chi connectivity index (χ0v) is 27.2. The Kier molecular flexibility index (Phi) is 9.11. The van der Waals surface area contributed by atoms with Gasteiger partial charge in [-0.05, 0) is 64.3 Å². The van der Waals surface area contributed by atoms with Crippen molar-refractivity contribution in [3.05, 3.63) is 77.9 Å². The lowest BCUT2D eigenvalue weighted by atomic mass is 9.47. The molecular weight excluding hydrogens is 616 g/mol. The van der Waals surface area contributed by atoms with E-state index in [0.717, 1.165) is 5.56 Å². The quantitative estimate of drug-likeness (QED) is 0.186. The summed E-state index contributed by atoms with van der Waals surface area (Å²) in [6.07, 6.45) is -1.86. The first-order valence-corrected chi connectivity index (χ1v) is 15.8. The van der Waals surface area contributed by atoms with Gasteiger partial charge in [-0.3, -0.25) is 9.59 Å². The highest BCUT2D eigenvalue weighted by Gasteiger charge is 2.85. The molecule has 1 spiro atoms. The smallest absolute Gasteiger partial charge is 0.338 e. The number of aliphatic hydroxyl groups is 1. The monoisotopic (exact) mass is 654 g/mol. The number of ether oxygens (including phenoxy) is 5. The molecule has 2 saturated carbocycles. The number of hydrogen-bond acceptors (Lipinski definition) is 10. The van der Waals surface area contributed by atoms with Gasteiger partial charge in [-0.15, -0.1) is 11.6 Å². The van der Waals surface area contributed by atoms with Crippen LogP contribution in [0.4, 0.5) is 0 Å². The summed E-state index contributed by atoms with van der Waals surface area (Å²) in [6.45, 7) is 7.90. The molecule has 1 aliphatic heterocycles. The highest BCUT2D eigenvalue weighted by Crippen LogP contribution is 2.69. The topological polar surface area (TPSA) is 135 Å². The van der Waals surface area contributed by atoms with Crippen LogP contribution in [0, 0.1) is 11.3 Å². The van der Waals surface area contributed by atoms with Gasteiger partial charge in [0.2, 0.25) is 0 Å². The number of benzene rings is 2. The van der Waals surface area contributed by atoms with Gasteiger partial charge >= 0.3 is 23.9 Å². The predicted octanol–water partition coefficient (Wildman–Crippen LogP) is 4.65. The molecule has 5 rings (SSSR count). The molecule has 2 aliphatic carbocycles. The van der Waals surface area contributed by atoms with Gasteiger partial charge in [0, 0.05) is 13.0 Å². The van der Waals surface area contributed by atoms with Gasteiger partial charge in [0.25, 0.3) is 0 Å². The van der Waals surface area contributed by atoms with Crippen LogP contribution in [0.25, 0.3) is 6.08 Å². The Labute approximate surface area is 272 Å². The molecule has 2 bridgehead atoms. The van der Waals surface area contributed by atoms with Gasteiger partial charge < -0.3 is 28.8 Å². The lowest BCUT2D eigenvalue weighted by molar-refractivity contribution is -0.336. The maximum absolute atomic E-state index is 13.8. The van der Waals surface area contributed by atoms with E-state index in [9.17, 15) is 24.3 Å². The van der Waals surface area contributed by atoms with Crippen LogP contribution in [0.15, 0.2) is 66.7 Å². The van der Waals surface area contributed by atoms with Crippen molar-refractivity contribution in [2.75, 3.05) is 5.88 Å². The summed E-state index contributed by atoms with van der Waals surface area (Å²) in [5.41, 5.74) is -5.40. The highest BCUT2D eigenvalue weighted by atomic mass is 35.5.